The van der Waals surface area contributed by atoms with Crippen LogP contribution in [0, 0.1) is 13.8 Å². The van der Waals surface area contributed by atoms with E-state index in [-0.39, 0.29) is 17.0 Å². The summed E-state index contributed by atoms with van der Waals surface area (Å²) >= 11 is 1.62. The molecule has 3 nitrogen and oxygen atoms in total. The first kappa shape index (κ1) is 20.4. The largest absolute Gasteiger partial charge is 0.322 e. The van der Waals surface area contributed by atoms with Crippen molar-refractivity contribution in [3.05, 3.63) is 52.5 Å². The van der Waals surface area contributed by atoms with Crippen molar-refractivity contribution in [2.75, 3.05) is 0 Å². The van der Waals surface area contributed by atoms with Crippen molar-refractivity contribution in [3.63, 3.8) is 0 Å². The van der Waals surface area contributed by atoms with Crippen molar-refractivity contribution in [2.24, 2.45) is 0 Å². The molecule has 0 unspecified atom stereocenters. The Balaban J connectivity index is 1.52. The predicted octanol–water partition coefficient (Wildman–Crippen LogP) is 7.44. The highest BCUT2D eigenvalue weighted by Gasteiger charge is 2.75. The summed E-state index contributed by atoms with van der Waals surface area (Å²) in [5.41, 5.74) is 4.70. The molecule has 2 aliphatic carbocycles. The summed E-state index contributed by atoms with van der Waals surface area (Å²) in [6.07, 6.45) is 12.5. The Morgan fingerprint density at radius 1 is 0.906 bits per heavy atom. The van der Waals surface area contributed by atoms with E-state index in [0.29, 0.717) is 0 Å². The van der Waals surface area contributed by atoms with Crippen LogP contribution in [0.3, 0.4) is 0 Å². The lowest BCUT2D eigenvalue weighted by atomic mass is 9.73. The molecule has 6 rings (SSSR count). The zero-order valence-electron chi connectivity index (χ0n) is 19.2. The molecule has 0 radical (unpaired) electrons. The third-order valence-electron chi connectivity index (χ3n) is 8.48. The van der Waals surface area contributed by atoms with Crippen LogP contribution in [0.15, 0.2) is 36.4 Å². The van der Waals surface area contributed by atoms with Gasteiger partial charge in [-0.3, -0.25) is 4.79 Å². The molecule has 1 amide bonds. The summed E-state index contributed by atoms with van der Waals surface area (Å²) in [6.45, 7) is 4.21. The summed E-state index contributed by atoms with van der Waals surface area (Å²) in [5.74, 6) is 0.271. The van der Waals surface area contributed by atoms with Crippen LogP contribution in [-0.4, -0.2) is 26.9 Å². The van der Waals surface area contributed by atoms with Gasteiger partial charge in [0.25, 0.3) is 5.91 Å². The number of rotatable bonds is 2. The van der Waals surface area contributed by atoms with E-state index >= 15 is 0 Å². The van der Waals surface area contributed by atoms with Gasteiger partial charge in [0.1, 0.15) is 9.71 Å². The number of hydrogen-bond donors (Lipinski definition) is 0. The first-order valence-electron chi connectivity index (χ1n) is 12.4. The second-order valence-electron chi connectivity index (χ2n) is 10.3. The number of benzene rings is 1. The van der Waals surface area contributed by atoms with Crippen molar-refractivity contribution in [3.8, 4) is 11.1 Å². The van der Waals surface area contributed by atoms with E-state index in [2.05, 4.69) is 42.2 Å². The molecule has 2 spiro atoms. The minimum absolute atomic E-state index is 0.116. The molecule has 0 atom stereocenters. The van der Waals surface area contributed by atoms with Gasteiger partial charge in [-0.1, -0.05) is 68.9 Å². The Morgan fingerprint density at radius 3 is 2.09 bits per heavy atom. The average Bonchev–Trinajstić information content (AvgIpc) is 3.12. The molecular formula is C28H32N2OS. The summed E-state index contributed by atoms with van der Waals surface area (Å²) in [7, 11) is 0. The number of amides is 1. The fraction of sp³-hybridized carbons (Fsp3) is 0.500. The number of nitrogens with zero attached hydrogens (tertiary/aromatic N) is 2. The Kier molecular flexibility index (Phi) is 4.73. The molecule has 3 fully saturated rings. The maximum atomic E-state index is 14.4. The number of aryl methyl sites for hydroxylation is 2. The lowest BCUT2D eigenvalue weighted by Gasteiger charge is -2.27. The lowest BCUT2D eigenvalue weighted by molar-refractivity contribution is 0.0820. The molecule has 2 saturated carbocycles. The van der Waals surface area contributed by atoms with E-state index in [1.807, 2.05) is 13.0 Å². The number of carbonyl (C=O) groups excluding carboxylic acids is 1. The molecule has 3 aliphatic rings. The smallest absolute Gasteiger partial charge is 0.265 e. The molecule has 1 aliphatic heterocycles. The van der Waals surface area contributed by atoms with E-state index in [4.69, 9.17) is 4.98 Å². The van der Waals surface area contributed by atoms with Gasteiger partial charge in [0.15, 0.2) is 0 Å². The molecule has 0 N–H and O–H groups in total. The van der Waals surface area contributed by atoms with Crippen molar-refractivity contribution < 1.29 is 4.79 Å². The van der Waals surface area contributed by atoms with Crippen molar-refractivity contribution in [1.29, 1.82) is 0 Å². The van der Waals surface area contributed by atoms with Crippen LogP contribution in [0.1, 0.15) is 85.1 Å². The van der Waals surface area contributed by atoms with Crippen molar-refractivity contribution in [2.45, 2.75) is 89.1 Å². The monoisotopic (exact) mass is 444 g/mol. The van der Waals surface area contributed by atoms with Crippen molar-refractivity contribution >= 4 is 27.5 Å². The summed E-state index contributed by atoms with van der Waals surface area (Å²) < 4.78 is 0. The molecule has 1 aromatic carbocycles. The van der Waals surface area contributed by atoms with E-state index in [0.717, 1.165) is 31.9 Å². The van der Waals surface area contributed by atoms with E-state index in [1.54, 1.807) is 11.3 Å². The highest BCUT2D eigenvalue weighted by atomic mass is 32.1. The second kappa shape index (κ2) is 7.41. The minimum Gasteiger partial charge on any atom is -0.322 e. The Hall–Kier alpha value is -2.20. The first-order valence-corrected chi connectivity index (χ1v) is 13.2. The van der Waals surface area contributed by atoms with Gasteiger partial charge >= 0.3 is 0 Å². The minimum atomic E-state index is 0.116. The normalized spacial score (nSPS) is 21.4. The average molecular weight is 445 g/mol. The summed E-state index contributed by atoms with van der Waals surface area (Å²) in [6, 6.07) is 12.6. The second-order valence-corrected chi connectivity index (χ2v) is 11.3. The summed E-state index contributed by atoms with van der Waals surface area (Å²) in [4.78, 5) is 23.6. The zero-order chi connectivity index (χ0) is 21.9. The van der Waals surface area contributed by atoms with Crippen LogP contribution < -0.4 is 0 Å². The molecule has 2 aromatic heterocycles. The standard InChI is InChI=1S/C28H32N2OS/c1-19-18-20(2)29-25-22(19)23(21-12-6-3-7-13-21)24(32-25)26(31)30-27(14-8-4-9-15-27)28(30)16-10-5-11-17-28/h3,6-7,12-13,18H,4-5,8-11,14-17H2,1-2H3. The first-order chi connectivity index (χ1) is 15.6. The van der Waals surface area contributed by atoms with Crippen LogP contribution in [0.4, 0.5) is 0 Å². The fourth-order valence-electron chi connectivity index (χ4n) is 7.18. The number of hydrogen-bond acceptors (Lipinski definition) is 3. The SMILES string of the molecule is Cc1cc(C)c2c(-c3ccccc3)c(C(=O)N3C4(CCCCC4)C34CCCCC4)sc2n1. The van der Waals surface area contributed by atoms with Crippen molar-refractivity contribution in [1.82, 2.24) is 9.88 Å². The molecule has 3 heterocycles. The van der Waals surface area contributed by atoms with Crippen LogP contribution in [0.25, 0.3) is 21.3 Å². The Morgan fingerprint density at radius 2 is 1.50 bits per heavy atom. The Bertz CT molecular complexity index is 1160. The molecule has 3 aromatic rings. The van der Waals surface area contributed by atoms with Crippen LogP contribution >= 0.6 is 11.3 Å². The van der Waals surface area contributed by atoms with Gasteiger partial charge < -0.3 is 4.90 Å². The van der Waals surface area contributed by atoms with Gasteiger partial charge in [-0.05, 0) is 56.7 Å². The highest BCUT2D eigenvalue weighted by molar-refractivity contribution is 7.21. The number of thiophene rings is 1. The molecule has 0 bridgehead atoms. The topological polar surface area (TPSA) is 33.0 Å². The molecule has 1 saturated heterocycles. The molecule has 32 heavy (non-hydrogen) atoms. The van der Waals surface area contributed by atoms with E-state index < -0.39 is 0 Å². The van der Waals surface area contributed by atoms with Gasteiger partial charge in [-0.2, -0.15) is 0 Å². The van der Waals surface area contributed by atoms with Gasteiger partial charge in [0.05, 0.1) is 11.1 Å². The van der Waals surface area contributed by atoms with Gasteiger partial charge in [0.2, 0.25) is 0 Å². The maximum absolute atomic E-state index is 14.4. The number of aromatic nitrogens is 1. The Labute approximate surface area is 194 Å². The number of pyridine rings is 1. The maximum Gasteiger partial charge on any atom is 0.265 e. The third-order valence-corrected chi connectivity index (χ3v) is 9.55. The van der Waals surface area contributed by atoms with E-state index in [9.17, 15) is 4.79 Å². The fourth-order valence-corrected chi connectivity index (χ4v) is 8.43. The van der Waals surface area contributed by atoms with Gasteiger partial charge in [0, 0.05) is 16.6 Å². The molecule has 166 valence electrons. The quantitative estimate of drug-likeness (QED) is 0.385. The third kappa shape index (κ3) is 2.78. The highest BCUT2D eigenvalue weighted by Crippen LogP contribution is 2.66. The van der Waals surface area contributed by atoms with Gasteiger partial charge in [-0.15, -0.1) is 11.3 Å². The van der Waals surface area contributed by atoms with Gasteiger partial charge in [-0.25, -0.2) is 4.98 Å². The van der Waals surface area contributed by atoms with Crippen LogP contribution in [0.5, 0.6) is 0 Å². The molecular weight excluding hydrogens is 412 g/mol. The number of fused-ring (bicyclic) bond motifs is 2. The molecule has 4 heteroatoms. The summed E-state index contributed by atoms with van der Waals surface area (Å²) in [5, 5.41) is 1.16. The predicted molar refractivity (Wildman–Crippen MR) is 132 cm³/mol. The van der Waals surface area contributed by atoms with Crippen LogP contribution in [-0.2, 0) is 0 Å². The number of carbonyl (C=O) groups is 1. The van der Waals surface area contributed by atoms with E-state index in [1.165, 1.54) is 69.8 Å². The lowest BCUT2D eigenvalue weighted by Crippen LogP contribution is -2.30. The zero-order valence-corrected chi connectivity index (χ0v) is 20.1. The van der Waals surface area contributed by atoms with Crippen LogP contribution in [0.2, 0.25) is 0 Å².